The topological polar surface area (TPSA) is 70.3 Å². The maximum atomic E-state index is 10.2. The number of rotatable bonds is 6. The Morgan fingerprint density at radius 2 is 2.08 bits per heavy atom. The quantitative estimate of drug-likeness (QED) is 0.674. The first-order valence-electron chi connectivity index (χ1n) is 4.30. The first-order chi connectivity index (χ1) is 6.10. The lowest BCUT2D eigenvalue weighted by molar-refractivity contribution is 0.219. The lowest BCUT2D eigenvalue weighted by atomic mass is 9.81. The molecule has 0 radical (unpaired) electrons. The number of nitriles is 1. The molecule has 0 aromatic heterocycles. The van der Waals surface area contributed by atoms with E-state index >= 15 is 0 Å². The van der Waals surface area contributed by atoms with Gasteiger partial charge in [-0.05, 0) is 19.3 Å². The van der Waals surface area contributed by atoms with Gasteiger partial charge in [0.05, 0.1) is 11.5 Å². The second-order valence-corrected chi connectivity index (χ2v) is 3.65. The van der Waals surface area contributed by atoms with E-state index in [0.29, 0.717) is 6.42 Å². The second-order valence-electron chi connectivity index (χ2n) is 2.92. The number of hydrogen-bond acceptors (Lipinski definition) is 3. The van der Waals surface area contributed by atoms with Crippen LogP contribution in [0.25, 0.3) is 0 Å². The molecule has 74 valence electrons. The van der Waals surface area contributed by atoms with Crippen LogP contribution in [0.5, 0.6) is 0 Å². The Kier molecular flexibility index (Phi) is 5.81. The molecule has 4 nitrogen and oxygen atoms in total. The van der Waals surface area contributed by atoms with Gasteiger partial charge in [-0.2, -0.15) is 5.26 Å². The van der Waals surface area contributed by atoms with E-state index in [9.17, 15) is 4.57 Å². The summed E-state index contributed by atoms with van der Waals surface area (Å²) < 4.78 is 14.7. The van der Waals surface area contributed by atoms with Gasteiger partial charge in [0, 0.05) is 4.57 Å². The molecule has 1 N–H and O–H groups in total. The fourth-order valence-corrected chi connectivity index (χ4v) is 1.38. The van der Waals surface area contributed by atoms with E-state index in [2.05, 4.69) is 10.6 Å². The SMILES string of the molecule is CCC(C#N)(CC)CCO[P+](=O)O. The highest BCUT2D eigenvalue weighted by atomic mass is 31.1. The van der Waals surface area contributed by atoms with Gasteiger partial charge in [0.15, 0.2) is 0 Å². The highest BCUT2D eigenvalue weighted by Crippen LogP contribution is 2.30. The lowest BCUT2D eigenvalue weighted by Crippen LogP contribution is -2.18. The Hall–Kier alpha value is -0.490. The van der Waals surface area contributed by atoms with Crippen molar-refractivity contribution in [2.75, 3.05) is 6.61 Å². The Morgan fingerprint density at radius 3 is 2.38 bits per heavy atom. The molecule has 0 amide bonds. The maximum Gasteiger partial charge on any atom is 0.694 e. The minimum absolute atomic E-state index is 0.168. The Bertz CT molecular complexity index is 208. The highest BCUT2D eigenvalue weighted by molar-refractivity contribution is 7.32. The molecule has 5 heteroatoms. The van der Waals surface area contributed by atoms with E-state index in [1.807, 2.05) is 13.8 Å². The third-order valence-corrected chi connectivity index (χ3v) is 2.78. The summed E-state index contributed by atoms with van der Waals surface area (Å²) in [4.78, 5) is 8.37. The van der Waals surface area contributed by atoms with Crippen LogP contribution in [0.4, 0.5) is 0 Å². The summed E-state index contributed by atoms with van der Waals surface area (Å²) in [6, 6.07) is 2.23. The zero-order valence-electron chi connectivity index (χ0n) is 7.99. The van der Waals surface area contributed by atoms with Crippen molar-refractivity contribution in [2.24, 2.45) is 5.41 Å². The van der Waals surface area contributed by atoms with E-state index in [-0.39, 0.29) is 6.61 Å². The first kappa shape index (κ1) is 12.5. The maximum absolute atomic E-state index is 10.2. The summed E-state index contributed by atoms with van der Waals surface area (Å²) in [5.41, 5.74) is -0.397. The molecule has 13 heavy (non-hydrogen) atoms. The summed E-state index contributed by atoms with van der Waals surface area (Å²) >= 11 is 0. The van der Waals surface area contributed by atoms with E-state index in [1.165, 1.54) is 0 Å². The van der Waals surface area contributed by atoms with Gasteiger partial charge in [-0.1, -0.05) is 13.8 Å². The normalized spacial score (nSPS) is 12.3. The van der Waals surface area contributed by atoms with Crippen molar-refractivity contribution >= 4 is 8.25 Å². The van der Waals surface area contributed by atoms with Crippen molar-refractivity contribution in [3.63, 3.8) is 0 Å². The van der Waals surface area contributed by atoms with E-state index in [0.717, 1.165) is 12.8 Å². The predicted octanol–water partition coefficient (Wildman–Crippen LogP) is 2.37. The Balaban J connectivity index is 3.98. The zero-order valence-corrected chi connectivity index (χ0v) is 8.88. The Labute approximate surface area is 79.5 Å². The summed E-state index contributed by atoms with van der Waals surface area (Å²) in [5.74, 6) is 0. The summed E-state index contributed by atoms with van der Waals surface area (Å²) in [5, 5.41) is 8.90. The van der Waals surface area contributed by atoms with Crippen LogP contribution in [0.3, 0.4) is 0 Å². The third kappa shape index (κ3) is 4.33. The van der Waals surface area contributed by atoms with Gasteiger partial charge in [-0.25, -0.2) is 0 Å². The standard InChI is InChI=1S/C8H14NO3P/c1-3-8(4-2,7-9)5-6-12-13(10)11/h3-6H2,1-2H3/p+1. The van der Waals surface area contributed by atoms with E-state index in [1.54, 1.807) is 0 Å². The fraction of sp³-hybridized carbons (Fsp3) is 0.875. The smallest absolute Gasteiger partial charge is 0.198 e. The molecule has 0 saturated carbocycles. The molecule has 0 saturated heterocycles. The molecule has 0 heterocycles. The van der Waals surface area contributed by atoms with Crippen molar-refractivity contribution in [3.05, 3.63) is 0 Å². The van der Waals surface area contributed by atoms with Crippen LogP contribution in [0.1, 0.15) is 33.1 Å². The molecular weight excluding hydrogens is 189 g/mol. The van der Waals surface area contributed by atoms with Gasteiger partial charge in [-0.3, -0.25) is 0 Å². The largest absolute Gasteiger partial charge is 0.694 e. The average Bonchev–Trinajstić information content (AvgIpc) is 2.13. The van der Waals surface area contributed by atoms with Gasteiger partial charge >= 0.3 is 8.25 Å². The molecule has 0 aromatic rings. The van der Waals surface area contributed by atoms with Crippen molar-refractivity contribution in [3.8, 4) is 6.07 Å². The van der Waals surface area contributed by atoms with Gasteiger partial charge in [0.25, 0.3) is 0 Å². The monoisotopic (exact) mass is 204 g/mol. The molecule has 0 spiro atoms. The van der Waals surface area contributed by atoms with Gasteiger partial charge < -0.3 is 0 Å². The van der Waals surface area contributed by atoms with Crippen LogP contribution in [0.15, 0.2) is 0 Å². The van der Waals surface area contributed by atoms with Crippen LogP contribution in [-0.4, -0.2) is 11.5 Å². The lowest BCUT2D eigenvalue weighted by Gasteiger charge is -2.21. The van der Waals surface area contributed by atoms with Crippen molar-refractivity contribution in [1.82, 2.24) is 0 Å². The summed E-state index contributed by atoms with van der Waals surface area (Å²) in [7, 11) is -2.53. The van der Waals surface area contributed by atoms with Gasteiger partial charge in [-0.15, -0.1) is 9.42 Å². The summed E-state index contributed by atoms with van der Waals surface area (Å²) in [6.45, 7) is 4.04. The van der Waals surface area contributed by atoms with Gasteiger partial charge in [0.1, 0.15) is 6.61 Å². The van der Waals surface area contributed by atoms with Crippen LogP contribution in [0.2, 0.25) is 0 Å². The van der Waals surface area contributed by atoms with Crippen molar-refractivity contribution < 1.29 is 14.0 Å². The fourth-order valence-electron chi connectivity index (χ4n) is 1.14. The number of hydrogen-bond donors (Lipinski definition) is 1. The van der Waals surface area contributed by atoms with Crippen LogP contribution < -0.4 is 0 Å². The second kappa shape index (κ2) is 6.04. The minimum Gasteiger partial charge on any atom is -0.198 e. The molecule has 0 aliphatic rings. The predicted molar refractivity (Wildman–Crippen MR) is 49.0 cm³/mol. The molecule has 0 bridgehead atoms. The van der Waals surface area contributed by atoms with Gasteiger partial charge in [0.2, 0.25) is 0 Å². The Morgan fingerprint density at radius 1 is 1.54 bits per heavy atom. The molecule has 0 rings (SSSR count). The van der Waals surface area contributed by atoms with Crippen LogP contribution in [-0.2, 0) is 9.09 Å². The molecule has 0 fully saturated rings. The molecule has 1 atom stereocenters. The highest BCUT2D eigenvalue weighted by Gasteiger charge is 2.27. The van der Waals surface area contributed by atoms with Crippen molar-refractivity contribution in [1.29, 1.82) is 5.26 Å². The van der Waals surface area contributed by atoms with Crippen molar-refractivity contribution in [2.45, 2.75) is 33.1 Å². The minimum atomic E-state index is -2.53. The van der Waals surface area contributed by atoms with Crippen LogP contribution in [0, 0.1) is 16.7 Å². The van der Waals surface area contributed by atoms with Crippen LogP contribution >= 0.6 is 8.25 Å². The summed E-state index contributed by atoms with van der Waals surface area (Å²) in [6.07, 6.45) is 2.00. The molecule has 0 aliphatic carbocycles. The molecule has 1 unspecified atom stereocenters. The molecule has 0 aromatic carbocycles. The van der Waals surface area contributed by atoms with E-state index < -0.39 is 13.7 Å². The third-order valence-electron chi connectivity index (χ3n) is 2.37. The van der Waals surface area contributed by atoms with E-state index in [4.69, 9.17) is 10.2 Å². The molecular formula is C8H15NO3P+. The molecule has 0 aliphatic heterocycles. The average molecular weight is 204 g/mol. The first-order valence-corrected chi connectivity index (χ1v) is 5.43. The number of nitrogens with zero attached hydrogens (tertiary/aromatic N) is 1. The zero-order chi connectivity index (χ0) is 10.3.